The Kier molecular flexibility index (Phi) is 16.2. The molecule has 0 radical (unpaired) electrons. The molecule has 0 aliphatic heterocycles. The Hall–Kier alpha value is -0.0800. The summed E-state index contributed by atoms with van der Waals surface area (Å²) in [4.78, 5) is 0. The minimum atomic E-state index is -0.289. The normalized spacial score (nSPS) is 14.3. The standard InChI is InChI=1S/C19H41NO/c1-3-5-6-7-8-9-10-11-12-13-14-15-16-17-19(21)18(20)4-2/h18-19,21H,3-17,20H2,1-2H3/t18-,19-/m1/s1. The van der Waals surface area contributed by atoms with Gasteiger partial charge in [0.1, 0.15) is 0 Å². The lowest BCUT2D eigenvalue weighted by atomic mass is 10.0. The van der Waals surface area contributed by atoms with Gasteiger partial charge in [-0.05, 0) is 12.8 Å². The van der Waals surface area contributed by atoms with Gasteiger partial charge in [-0.1, -0.05) is 97.3 Å². The van der Waals surface area contributed by atoms with Gasteiger partial charge in [0, 0.05) is 6.04 Å². The second-order valence-corrected chi connectivity index (χ2v) is 6.67. The molecule has 2 nitrogen and oxygen atoms in total. The molecule has 0 bridgehead atoms. The Labute approximate surface area is 133 Å². The highest BCUT2D eigenvalue weighted by molar-refractivity contribution is 4.69. The average molecular weight is 300 g/mol. The third-order valence-corrected chi connectivity index (χ3v) is 4.57. The van der Waals surface area contributed by atoms with Crippen molar-refractivity contribution in [1.29, 1.82) is 0 Å². The quantitative estimate of drug-likeness (QED) is 0.366. The van der Waals surface area contributed by atoms with Gasteiger partial charge in [0.25, 0.3) is 0 Å². The van der Waals surface area contributed by atoms with Gasteiger partial charge in [-0.3, -0.25) is 0 Å². The van der Waals surface area contributed by atoms with E-state index < -0.39 is 0 Å². The second kappa shape index (κ2) is 16.3. The summed E-state index contributed by atoms with van der Waals surface area (Å²) in [5.41, 5.74) is 5.81. The smallest absolute Gasteiger partial charge is 0.0691 e. The highest BCUT2D eigenvalue weighted by Crippen LogP contribution is 2.14. The highest BCUT2D eigenvalue weighted by Gasteiger charge is 2.11. The van der Waals surface area contributed by atoms with Crippen LogP contribution in [0.5, 0.6) is 0 Å². The van der Waals surface area contributed by atoms with Crippen molar-refractivity contribution >= 4 is 0 Å². The predicted molar refractivity (Wildman–Crippen MR) is 94.6 cm³/mol. The number of unbranched alkanes of at least 4 members (excludes halogenated alkanes) is 12. The summed E-state index contributed by atoms with van der Waals surface area (Å²) in [7, 11) is 0. The molecule has 0 spiro atoms. The van der Waals surface area contributed by atoms with E-state index in [-0.39, 0.29) is 12.1 Å². The zero-order valence-electron chi connectivity index (χ0n) is 14.8. The van der Waals surface area contributed by atoms with Gasteiger partial charge in [0.2, 0.25) is 0 Å². The molecule has 0 aromatic carbocycles. The maximum absolute atomic E-state index is 9.77. The molecule has 0 amide bonds. The summed E-state index contributed by atoms with van der Waals surface area (Å²) in [6, 6.07) is -0.0256. The Morgan fingerprint density at radius 3 is 1.43 bits per heavy atom. The summed E-state index contributed by atoms with van der Waals surface area (Å²) in [6.07, 6.45) is 19.3. The second-order valence-electron chi connectivity index (χ2n) is 6.67. The van der Waals surface area contributed by atoms with Crippen molar-refractivity contribution < 1.29 is 5.11 Å². The van der Waals surface area contributed by atoms with E-state index in [1.54, 1.807) is 0 Å². The minimum absolute atomic E-state index is 0.0256. The molecule has 0 aliphatic rings. The van der Waals surface area contributed by atoms with Crippen LogP contribution in [0.25, 0.3) is 0 Å². The Morgan fingerprint density at radius 2 is 1.05 bits per heavy atom. The summed E-state index contributed by atoms with van der Waals surface area (Å²) in [5, 5.41) is 9.77. The Morgan fingerprint density at radius 1 is 0.667 bits per heavy atom. The average Bonchev–Trinajstić information content (AvgIpc) is 2.50. The molecular weight excluding hydrogens is 258 g/mol. The van der Waals surface area contributed by atoms with Crippen molar-refractivity contribution in [3.05, 3.63) is 0 Å². The first-order valence-electron chi connectivity index (χ1n) is 9.66. The number of aliphatic hydroxyl groups excluding tert-OH is 1. The van der Waals surface area contributed by atoms with E-state index >= 15 is 0 Å². The van der Waals surface area contributed by atoms with Crippen molar-refractivity contribution in [2.75, 3.05) is 0 Å². The van der Waals surface area contributed by atoms with Gasteiger partial charge in [0.05, 0.1) is 6.10 Å². The SMILES string of the molecule is CCCCCCCCCCCCCCC[C@@H](O)[C@H](N)CC. The van der Waals surface area contributed by atoms with E-state index in [2.05, 4.69) is 6.92 Å². The van der Waals surface area contributed by atoms with Crippen LogP contribution in [0.1, 0.15) is 110 Å². The predicted octanol–water partition coefficient (Wildman–Crippen LogP) is 5.57. The van der Waals surface area contributed by atoms with Crippen LogP contribution < -0.4 is 5.73 Å². The fourth-order valence-corrected chi connectivity index (χ4v) is 2.86. The van der Waals surface area contributed by atoms with Crippen LogP contribution in [0.2, 0.25) is 0 Å². The first kappa shape index (κ1) is 20.9. The lowest BCUT2D eigenvalue weighted by Gasteiger charge is -2.16. The van der Waals surface area contributed by atoms with E-state index in [1.807, 2.05) is 6.92 Å². The first-order chi connectivity index (χ1) is 10.2. The zero-order chi connectivity index (χ0) is 15.8. The van der Waals surface area contributed by atoms with E-state index in [1.165, 1.54) is 77.0 Å². The summed E-state index contributed by atoms with van der Waals surface area (Å²) >= 11 is 0. The van der Waals surface area contributed by atoms with Crippen molar-refractivity contribution in [3.8, 4) is 0 Å². The van der Waals surface area contributed by atoms with E-state index in [0.717, 1.165) is 19.3 Å². The van der Waals surface area contributed by atoms with Crippen molar-refractivity contribution in [1.82, 2.24) is 0 Å². The van der Waals surface area contributed by atoms with Crippen LogP contribution in [0.3, 0.4) is 0 Å². The van der Waals surface area contributed by atoms with Gasteiger partial charge in [-0.15, -0.1) is 0 Å². The van der Waals surface area contributed by atoms with Crippen molar-refractivity contribution in [2.24, 2.45) is 5.73 Å². The molecule has 0 aromatic heterocycles. The summed E-state index contributed by atoms with van der Waals surface area (Å²) < 4.78 is 0. The van der Waals surface area contributed by atoms with E-state index in [0.29, 0.717) is 0 Å². The lowest BCUT2D eigenvalue weighted by Crippen LogP contribution is -2.33. The van der Waals surface area contributed by atoms with Crippen LogP contribution in [0, 0.1) is 0 Å². The van der Waals surface area contributed by atoms with Crippen LogP contribution in [0.4, 0.5) is 0 Å². The minimum Gasteiger partial charge on any atom is -0.392 e. The van der Waals surface area contributed by atoms with Gasteiger partial charge in [0.15, 0.2) is 0 Å². The Balaban J connectivity index is 3.09. The third-order valence-electron chi connectivity index (χ3n) is 4.57. The van der Waals surface area contributed by atoms with Gasteiger partial charge < -0.3 is 10.8 Å². The number of hydrogen-bond acceptors (Lipinski definition) is 2. The molecule has 0 heterocycles. The summed E-state index contributed by atoms with van der Waals surface area (Å²) in [6.45, 7) is 4.32. The molecule has 0 rings (SSSR count). The maximum atomic E-state index is 9.77. The molecule has 2 heteroatoms. The number of rotatable bonds is 16. The molecule has 0 fully saturated rings. The molecule has 3 N–H and O–H groups in total. The van der Waals surface area contributed by atoms with Gasteiger partial charge >= 0.3 is 0 Å². The molecular formula is C19H41NO. The van der Waals surface area contributed by atoms with Crippen molar-refractivity contribution in [2.45, 2.75) is 122 Å². The van der Waals surface area contributed by atoms with Crippen LogP contribution in [-0.4, -0.2) is 17.3 Å². The fraction of sp³-hybridized carbons (Fsp3) is 1.00. The van der Waals surface area contributed by atoms with Gasteiger partial charge in [-0.2, -0.15) is 0 Å². The first-order valence-corrected chi connectivity index (χ1v) is 9.66. The van der Waals surface area contributed by atoms with Gasteiger partial charge in [-0.25, -0.2) is 0 Å². The number of nitrogens with two attached hydrogens (primary N) is 1. The fourth-order valence-electron chi connectivity index (χ4n) is 2.86. The lowest BCUT2D eigenvalue weighted by molar-refractivity contribution is 0.129. The van der Waals surface area contributed by atoms with Crippen LogP contribution in [0.15, 0.2) is 0 Å². The molecule has 0 aromatic rings. The Bertz CT molecular complexity index is 196. The molecule has 128 valence electrons. The molecule has 2 atom stereocenters. The largest absolute Gasteiger partial charge is 0.392 e. The maximum Gasteiger partial charge on any atom is 0.0691 e. The topological polar surface area (TPSA) is 46.2 Å². The number of hydrogen-bond donors (Lipinski definition) is 2. The molecule has 0 saturated carbocycles. The van der Waals surface area contributed by atoms with E-state index in [4.69, 9.17) is 5.73 Å². The van der Waals surface area contributed by atoms with Crippen LogP contribution in [-0.2, 0) is 0 Å². The van der Waals surface area contributed by atoms with Crippen LogP contribution >= 0.6 is 0 Å². The molecule has 21 heavy (non-hydrogen) atoms. The molecule has 0 aliphatic carbocycles. The highest BCUT2D eigenvalue weighted by atomic mass is 16.3. The zero-order valence-corrected chi connectivity index (χ0v) is 14.8. The summed E-state index contributed by atoms with van der Waals surface area (Å²) in [5.74, 6) is 0. The van der Waals surface area contributed by atoms with Crippen molar-refractivity contribution in [3.63, 3.8) is 0 Å². The molecule has 0 saturated heterocycles. The molecule has 0 unspecified atom stereocenters. The number of aliphatic hydroxyl groups is 1. The van der Waals surface area contributed by atoms with E-state index in [9.17, 15) is 5.11 Å². The third kappa shape index (κ3) is 14.6. The monoisotopic (exact) mass is 299 g/mol.